The quantitative estimate of drug-likeness (QED) is 0.851. The van der Waals surface area contributed by atoms with Crippen LogP contribution < -0.4 is 20.1 Å². The molecule has 0 saturated carbocycles. The Balaban J connectivity index is 1.54. The van der Waals surface area contributed by atoms with Gasteiger partial charge in [-0.1, -0.05) is 17.7 Å². The highest BCUT2D eigenvalue weighted by Gasteiger charge is 2.15. The monoisotopic (exact) mass is 312 g/mol. The van der Waals surface area contributed by atoms with Gasteiger partial charge in [-0.15, -0.1) is 0 Å². The van der Waals surface area contributed by atoms with E-state index < -0.39 is 5.91 Å². The molecule has 3 rings (SSSR count). The number of carbonyl (C=O) groups is 2. The molecule has 2 aromatic rings. The van der Waals surface area contributed by atoms with E-state index in [1.54, 1.807) is 30.3 Å². The molecule has 1 aliphatic heterocycles. The lowest BCUT2D eigenvalue weighted by atomic mass is 10.2. The van der Waals surface area contributed by atoms with Crippen molar-refractivity contribution in [1.29, 1.82) is 0 Å². The third-order valence-corrected chi connectivity index (χ3v) is 3.31. The van der Waals surface area contributed by atoms with Crippen molar-refractivity contribution in [2.75, 3.05) is 17.4 Å². The highest BCUT2D eigenvalue weighted by atomic mass is 16.7. The fourth-order valence-electron chi connectivity index (χ4n) is 2.17. The van der Waals surface area contributed by atoms with Crippen LogP contribution in [0, 0.1) is 6.92 Å². The van der Waals surface area contributed by atoms with Crippen LogP contribution >= 0.6 is 0 Å². The van der Waals surface area contributed by atoms with Crippen molar-refractivity contribution in [3.05, 3.63) is 48.0 Å². The molecule has 0 atom stereocenters. The molecule has 1 heterocycles. The van der Waals surface area contributed by atoms with E-state index in [2.05, 4.69) is 10.6 Å². The highest BCUT2D eigenvalue weighted by molar-refractivity contribution is 6.08. The Labute approximate surface area is 133 Å². The van der Waals surface area contributed by atoms with E-state index in [0.29, 0.717) is 22.9 Å². The lowest BCUT2D eigenvalue weighted by molar-refractivity contribution is -0.123. The van der Waals surface area contributed by atoms with Crippen LogP contribution in [0.15, 0.2) is 42.5 Å². The van der Waals surface area contributed by atoms with E-state index in [1.165, 1.54) is 0 Å². The number of nitrogens with one attached hydrogen (secondary N) is 2. The fourth-order valence-corrected chi connectivity index (χ4v) is 2.17. The zero-order valence-electron chi connectivity index (χ0n) is 12.6. The van der Waals surface area contributed by atoms with Gasteiger partial charge in [0.15, 0.2) is 11.5 Å². The highest BCUT2D eigenvalue weighted by Crippen LogP contribution is 2.34. The number of carbonyl (C=O) groups excluding carboxylic acids is 2. The molecule has 0 aromatic heterocycles. The molecular weight excluding hydrogens is 296 g/mol. The molecule has 2 aromatic carbocycles. The average molecular weight is 312 g/mol. The predicted octanol–water partition coefficient (Wildman–Crippen LogP) is 2.69. The lowest BCUT2D eigenvalue weighted by Crippen LogP contribution is -2.21. The number of hydrogen-bond acceptors (Lipinski definition) is 4. The SMILES string of the molecule is Cc1ccc(NC(=O)CC(=O)Nc2ccc3c(c2)OCO3)cc1. The van der Waals surface area contributed by atoms with Crippen molar-refractivity contribution in [2.24, 2.45) is 0 Å². The molecule has 0 bridgehead atoms. The van der Waals surface area contributed by atoms with Gasteiger partial charge in [-0.25, -0.2) is 0 Å². The lowest BCUT2D eigenvalue weighted by Gasteiger charge is -2.07. The van der Waals surface area contributed by atoms with E-state index in [-0.39, 0.29) is 19.1 Å². The van der Waals surface area contributed by atoms with Crippen molar-refractivity contribution in [3.63, 3.8) is 0 Å². The van der Waals surface area contributed by atoms with Crippen LogP contribution in [0.1, 0.15) is 12.0 Å². The van der Waals surface area contributed by atoms with Gasteiger partial charge >= 0.3 is 0 Å². The molecular formula is C17H16N2O4. The van der Waals surface area contributed by atoms with E-state index >= 15 is 0 Å². The smallest absolute Gasteiger partial charge is 0.233 e. The minimum Gasteiger partial charge on any atom is -0.454 e. The topological polar surface area (TPSA) is 76.7 Å². The van der Waals surface area contributed by atoms with Crippen molar-refractivity contribution in [3.8, 4) is 11.5 Å². The second-order valence-electron chi connectivity index (χ2n) is 5.21. The molecule has 0 radical (unpaired) electrons. The Morgan fingerprint density at radius 3 is 2.26 bits per heavy atom. The first kappa shape index (κ1) is 14.9. The van der Waals surface area contributed by atoms with Gasteiger partial charge in [0.2, 0.25) is 18.6 Å². The number of fused-ring (bicyclic) bond motifs is 1. The standard InChI is InChI=1S/C17H16N2O4/c1-11-2-4-12(5-3-11)18-16(20)9-17(21)19-13-6-7-14-15(8-13)23-10-22-14/h2-8H,9-10H2,1H3,(H,18,20)(H,19,21). The summed E-state index contributed by atoms with van der Waals surface area (Å²) in [6, 6.07) is 12.4. The van der Waals surface area contributed by atoms with Crippen LogP contribution in [-0.2, 0) is 9.59 Å². The van der Waals surface area contributed by atoms with E-state index in [1.807, 2.05) is 19.1 Å². The molecule has 6 heteroatoms. The summed E-state index contributed by atoms with van der Waals surface area (Å²) >= 11 is 0. The molecule has 0 spiro atoms. The first-order chi connectivity index (χ1) is 11.1. The largest absolute Gasteiger partial charge is 0.454 e. The van der Waals surface area contributed by atoms with E-state index in [4.69, 9.17) is 9.47 Å². The summed E-state index contributed by atoms with van der Waals surface area (Å²) in [5, 5.41) is 5.35. The third kappa shape index (κ3) is 3.79. The van der Waals surface area contributed by atoms with Crippen molar-refractivity contribution in [2.45, 2.75) is 13.3 Å². The zero-order valence-corrected chi connectivity index (χ0v) is 12.6. The molecule has 0 fully saturated rings. The molecule has 118 valence electrons. The normalized spacial score (nSPS) is 11.9. The van der Waals surface area contributed by atoms with Crippen LogP contribution in [0.5, 0.6) is 11.5 Å². The van der Waals surface area contributed by atoms with Gasteiger partial charge in [0.05, 0.1) is 0 Å². The van der Waals surface area contributed by atoms with Crippen molar-refractivity contribution >= 4 is 23.2 Å². The first-order valence-corrected chi connectivity index (χ1v) is 7.16. The molecule has 23 heavy (non-hydrogen) atoms. The third-order valence-electron chi connectivity index (χ3n) is 3.31. The molecule has 0 unspecified atom stereocenters. The van der Waals surface area contributed by atoms with Crippen molar-refractivity contribution in [1.82, 2.24) is 0 Å². The Kier molecular flexibility index (Phi) is 4.14. The molecule has 0 aliphatic carbocycles. The van der Waals surface area contributed by atoms with Crippen LogP contribution in [0.25, 0.3) is 0 Å². The van der Waals surface area contributed by atoms with Gasteiger partial charge in [0, 0.05) is 17.4 Å². The maximum atomic E-state index is 11.9. The van der Waals surface area contributed by atoms with E-state index in [0.717, 1.165) is 5.56 Å². The summed E-state index contributed by atoms with van der Waals surface area (Å²) in [5.41, 5.74) is 2.32. The second-order valence-corrected chi connectivity index (χ2v) is 5.21. The van der Waals surface area contributed by atoms with Crippen LogP contribution in [0.4, 0.5) is 11.4 Å². The number of rotatable bonds is 4. The van der Waals surface area contributed by atoms with Crippen LogP contribution in [0.2, 0.25) is 0 Å². The fraction of sp³-hybridized carbons (Fsp3) is 0.176. The predicted molar refractivity (Wildman–Crippen MR) is 85.6 cm³/mol. The van der Waals surface area contributed by atoms with Gasteiger partial charge in [-0.3, -0.25) is 9.59 Å². The number of anilines is 2. The summed E-state index contributed by atoms with van der Waals surface area (Å²) in [4.78, 5) is 23.8. The number of ether oxygens (including phenoxy) is 2. The number of amides is 2. The maximum Gasteiger partial charge on any atom is 0.233 e. The number of benzene rings is 2. The molecule has 0 saturated heterocycles. The molecule has 2 amide bonds. The second kappa shape index (κ2) is 6.39. The Morgan fingerprint density at radius 1 is 0.913 bits per heavy atom. The minimum atomic E-state index is -0.395. The molecule has 2 N–H and O–H groups in total. The van der Waals surface area contributed by atoms with Crippen molar-refractivity contribution < 1.29 is 19.1 Å². The number of hydrogen-bond donors (Lipinski definition) is 2. The van der Waals surface area contributed by atoms with Gasteiger partial charge in [-0.05, 0) is 31.2 Å². The average Bonchev–Trinajstić information content (AvgIpc) is 2.97. The van der Waals surface area contributed by atoms with Gasteiger partial charge in [0.1, 0.15) is 6.42 Å². The zero-order chi connectivity index (χ0) is 16.2. The summed E-state index contributed by atoms with van der Waals surface area (Å²) in [6.45, 7) is 2.14. The maximum absolute atomic E-state index is 11.9. The first-order valence-electron chi connectivity index (χ1n) is 7.16. The van der Waals surface area contributed by atoms with E-state index in [9.17, 15) is 9.59 Å². The summed E-state index contributed by atoms with van der Waals surface area (Å²) < 4.78 is 10.4. The Hall–Kier alpha value is -3.02. The molecule has 6 nitrogen and oxygen atoms in total. The van der Waals surface area contributed by atoms with Gasteiger partial charge in [-0.2, -0.15) is 0 Å². The molecule has 1 aliphatic rings. The van der Waals surface area contributed by atoms with Gasteiger partial charge in [0.25, 0.3) is 0 Å². The van der Waals surface area contributed by atoms with Gasteiger partial charge < -0.3 is 20.1 Å². The van der Waals surface area contributed by atoms with Crippen LogP contribution in [-0.4, -0.2) is 18.6 Å². The minimum absolute atomic E-state index is 0.172. The Bertz CT molecular complexity index is 741. The summed E-state index contributed by atoms with van der Waals surface area (Å²) in [5.74, 6) is 0.451. The summed E-state index contributed by atoms with van der Waals surface area (Å²) in [6.07, 6.45) is -0.262. The Morgan fingerprint density at radius 2 is 1.52 bits per heavy atom. The van der Waals surface area contributed by atoms with Crippen LogP contribution in [0.3, 0.4) is 0 Å². The summed E-state index contributed by atoms with van der Waals surface area (Å²) in [7, 11) is 0. The number of aryl methyl sites for hydroxylation is 1.